The quantitative estimate of drug-likeness (QED) is 0.511. The topological polar surface area (TPSA) is 88.3 Å². The Morgan fingerprint density at radius 1 is 1.21 bits per heavy atom. The molecule has 0 bridgehead atoms. The van der Waals surface area contributed by atoms with Crippen LogP contribution in [0.15, 0.2) is 53.4 Å². The minimum absolute atomic E-state index is 0.0396. The lowest BCUT2D eigenvalue weighted by Gasteiger charge is -2.27. The van der Waals surface area contributed by atoms with Gasteiger partial charge in [0, 0.05) is 23.0 Å². The summed E-state index contributed by atoms with van der Waals surface area (Å²) >= 11 is 2.95. The fourth-order valence-corrected chi connectivity index (χ4v) is 6.00. The van der Waals surface area contributed by atoms with Gasteiger partial charge >= 0.3 is 0 Å². The summed E-state index contributed by atoms with van der Waals surface area (Å²) in [5, 5.41) is 3.43. The molecule has 0 radical (unpaired) electrons. The van der Waals surface area contributed by atoms with Crippen LogP contribution in [0.5, 0.6) is 0 Å². The largest absolute Gasteiger partial charge is 0.375 e. The van der Waals surface area contributed by atoms with E-state index in [1.807, 2.05) is 66.6 Å². The van der Waals surface area contributed by atoms with Crippen molar-refractivity contribution in [2.75, 3.05) is 18.5 Å². The van der Waals surface area contributed by atoms with E-state index >= 15 is 0 Å². The summed E-state index contributed by atoms with van der Waals surface area (Å²) < 4.78 is 0. The molecule has 3 atom stereocenters. The van der Waals surface area contributed by atoms with Crippen LogP contribution in [0.2, 0.25) is 0 Å². The van der Waals surface area contributed by atoms with Gasteiger partial charge in [0.1, 0.15) is 5.69 Å². The van der Waals surface area contributed by atoms with Gasteiger partial charge in [-0.25, -0.2) is 4.98 Å². The Morgan fingerprint density at radius 3 is 2.82 bits per heavy atom. The number of nitrogens with zero attached hydrogens (tertiary/aromatic N) is 2. The van der Waals surface area contributed by atoms with E-state index < -0.39 is 0 Å². The highest BCUT2D eigenvalue weighted by Crippen LogP contribution is 2.49. The summed E-state index contributed by atoms with van der Waals surface area (Å²) in [7, 11) is 0. The Balaban J connectivity index is 1.35. The number of thioether (sulfide) groups is 1. The highest BCUT2D eigenvalue weighted by molar-refractivity contribution is 7.98. The second kappa shape index (κ2) is 8.83. The van der Waals surface area contributed by atoms with Crippen LogP contribution in [0.25, 0.3) is 10.4 Å². The molecule has 6 nitrogen and oxygen atoms in total. The van der Waals surface area contributed by atoms with E-state index in [1.54, 1.807) is 11.8 Å². The summed E-state index contributed by atoms with van der Waals surface area (Å²) in [5.41, 5.74) is 9.16. The number of piperidine rings is 1. The third kappa shape index (κ3) is 4.37. The van der Waals surface area contributed by atoms with E-state index in [2.05, 4.69) is 10.3 Å². The number of fused-ring (bicyclic) bond motifs is 1. The predicted octanol–water partition coefficient (Wildman–Crippen LogP) is 4.46. The van der Waals surface area contributed by atoms with Gasteiger partial charge in [-0.2, -0.15) is 0 Å². The van der Waals surface area contributed by atoms with Crippen molar-refractivity contribution >= 4 is 40.0 Å². The normalized spacial score (nSPS) is 21.0. The Kier molecular flexibility index (Phi) is 5.88. The van der Waals surface area contributed by atoms with Crippen molar-refractivity contribution in [2.24, 2.45) is 5.92 Å². The molecule has 1 saturated carbocycles. The molecule has 3 N–H and O–H groups in total. The maximum absolute atomic E-state index is 13.7. The van der Waals surface area contributed by atoms with Crippen molar-refractivity contribution in [3.8, 4) is 10.4 Å². The zero-order chi connectivity index (χ0) is 23.1. The number of amides is 2. The Bertz CT molecular complexity index is 1220. The molecule has 2 heterocycles. The van der Waals surface area contributed by atoms with Crippen molar-refractivity contribution in [1.29, 1.82) is 0 Å². The number of likely N-dealkylation sites (tertiary alicyclic amines) is 1. The second-order valence-corrected chi connectivity index (χ2v) is 10.6. The first-order chi connectivity index (χ1) is 15.9. The highest BCUT2D eigenvalue weighted by Gasteiger charge is 2.54. The number of nitrogens with two attached hydrogens (primary N) is 1. The zero-order valence-corrected chi connectivity index (χ0v) is 20.2. The monoisotopic (exact) mass is 478 g/mol. The molecule has 1 aliphatic carbocycles. The molecular formula is C25H26N4O2S2. The van der Waals surface area contributed by atoms with Crippen molar-refractivity contribution in [2.45, 2.75) is 36.7 Å². The number of carbonyl (C=O) groups excluding carboxylic acids is 2. The van der Waals surface area contributed by atoms with E-state index in [9.17, 15) is 9.59 Å². The summed E-state index contributed by atoms with van der Waals surface area (Å²) in [4.78, 5) is 34.6. The standard InChI is InChI=1S/C25H26N4O2S2/c1-14-5-3-6-15(9-14)22-21(28-25(26)33-22)24(31)29-18(10-17-12-20(17)29)13-27-23(30)16-7-4-8-19(11-16)32-2/h3-9,11,17-18,20H,10,12-13H2,1-2H3,(H2,26,28)(H,27,30)/t17-,18+,20?/m1/s1. The van der Waals surface area contributed by atoms with Crippen LogP contribution in [0, 0.1) is 12.8 Å². The van der Waals surface area contributed by atoms with Gasteiger partial charge in [0.2, 0.25) is 0 Å². The third-order valence-electron chi connectivity index (χ3n) is 6.40. The molecule has 1 aliphatic heterocycles. The molecule has 2 amide bonds. The minimum Gasteiger partial charge on any atom is -0.375 e. The number of anilines is 1. The number of benzene rings is 2. The van der Waals surface area contributed by atoms with Gasteiger partial charge in [-0.05, 0) is 55.7 Å². The average Bonchev–Trinajstić information content (AvgIpc) is 3.31. The minimum atomic E-state index is -0.114. The maximum atomic E-state index is 13.7. The molecule has 1 aromatic heterocycles. The summed E-state index contributed by atoms with van der Waals surface area (Å²) in [6.07, 6.45) is 3.91. The van der Waals surface area contributed by atoms with Gasteiger partial charge < -0.3 is 16.0 Å². The summed E-state index contributed by atoms with van der Waals surface area (Å²) in [6.45, 7) is 2.46. The van der Waals surface area contributed by atoms with Crippen molar-refractivity contribution in [3.63, 3.8) is 0 Å². The Hall–Kier alpha value is -2.84. The van der Waals surface area contributed by atoms with Crippen LogP contribution in [-0.2, 0) is 0 Å². The number of thiazole rings is 1. The van der Waals surface area contributed by atoms with Crippen LogP contribution in [0.4, 0.5) is 5.13 Å². The molecule has 1 saturated heterocycles. The van der Waals surface area contributed by atoms with E-state index in [1.165, 1.54) is 11.3 Å². The van der Waals surface area contributed by atoms with Crippen molar-refractivity contribution in [1.82, 2.24) is 15.2 Å². The zero-order valence-electron chi connectivity index (χ0n) is 18.6. The number of aryl methyl sites for hydroxylation is 1. The lowest BCUT2D eigenvalue weighted by Crippen LogP contribution is -2.45. The van der Waals surface area contributed by atoms with E-state index in [-0.39, 0.29) is 23.9 Å². The molecule has 2 aromatic carbocycles. The van der Waals surface area contributed by atoms with Crippen LogP contribution in [0.1, 0.15) is 39.3 Å². The molecule has 1 unspecified atom stereocenters. The number of carbonyl (C=O) groups is 2. The average molecular weight is 479 g/mol. The van der Waals surface area contributed by atoms with E-state index in [0.717, 1.165) is 33.7 Å². The molecule has 170 valence electrons. The smallest absolute Gasteiger partial charge is 0.274 e. The van der Waals surface area contributed by atoms with Crippen molar-refractivity contribution < 1.29 is 9.59 Å². The molecule has 0 spiro atoms. The van der Waals surface area contributed by atoms with Crippen LogP contribution < -0.4 is 11.1 Å². The molecule has 3 aromatic rings. The third-order valence-corrected chi connectivity index (χ3v) is 8.06. The Labute approximate surface area is 201 Å². The SMILES string of the molecule is CSc1cccc(C(=O)NC[C@@H]2C[C@@H]3CC3N2C(=O)c2nc(N)sc2-c2cccc(C)c2)c1. The number of hydrogen-bond donors (Lipinski definition) is 2. The first kappa shape index (κ1) is 22.0. The lowest BCUT2D eigenvalue weighted by atomic mass is 10.1. The van der Waals surface area contributed by atoms with E-state index in [0.29, 0.717) is 28.9 Å². The Morgan fingerprint density at radius 2 is 2.03 bits per heavy atom. The van der Waals surface area contributed by atoms with Gasteiger partial charge in [-0.1, -0.05) is 47.2 Å². The van der Waals surface area contributed by atoms with Gasteiger partial charge in [0.05, 0.1) is 10.9 Å². The molecule has 33 heavy (non-hydrogen) atoms. The number of rotatable bonds is 6. The molecule has 2 aliphatic rings. The van der Waals surface area contributed by atoms with Crippen LogP contribution >= 0.6 is 23.1 Å². The van der Waals surface area contributed by atoms with Crippen molar-refractivity contribution in [3.05, 3.63) is 65.4 Å². The lowest BCUT2D eigenvalue weighted by molar-refractivity contribution is 0.0684. The van der Waals surface area contributed by atoms with Gasteiger partial charge in [0.25, 0.3) is 11.8 Å². The van der Waals surface area contributed by atoms with Gasteiger partial charge in [0.15, 0.2) is 5.13 Å². The number of hydrogen-bond acceptors (Lipinski definition) is 6. The molecule has 8 heteroatoms. The second-order valence-electron chi connectivity index (χ2n) is 8.71. The fourth-order valence-electron chi connectivity index (χ4n) is 4.72. The number of aromatic nitrogens is 1. The van der Waals surface area contributed by atoms with E-state index in [4.69, 9.17) is 5.73 Å². The molecule has 2 fully saturated rings. The maximum Gasteiger partial charge on any atom is 0.274 e. The number of nitrogen functional groups attached to an aromatic ring is 1. The first-order valence-corrected chi connectivity index (χ1v) is 13.1. The fraction of sp³-hybridized carbons (Fsp3) is 0.320. The van der Waals surface area contributed by atoms with Gasteiger partial charge in [-0.15, -0.1) is 11.8 Å². The predicted molar refractivity (Wildman–Crippen MR) is 134 cm³/mol. The summed E-state index contributed by atoms with van der Waals surface area (Å²) in [6, 6.07) is 15.8. The van der Waals surface area contributed by atoms with Gasteiger partial charge in [-0.3, -0.25) is 9.59 Å². The highest BCUT2D eigenvalue weighted by atomic mass is 32.2. The van der Waals surface area contributed by atoms with Crippen LogP contribution in [0.3, 0.4) is 0 Å². The summed E-state index contributed by atoms with van der Waals surface area (Å²) in [5.74, 6) is 0.305. The first-order valence-electron chi connectivity index (χ1n) is 11.0. The number of nitrogens with one attached hydrogen (secondary N) is 1. The molecular weight excluding hydrogens is 452 g/mol. The van der Waals surface area contributed by atoms with Crippen LogP contribution in [-0.4, -0.2) is 46.6 Å². The molecule has 5 rings (SSSR count).